The maximum atomic E-state index is 12.2. The number of hydrogen-bond donors (Lipinski definition) is 2. The molecule has 1 amide bonds. The molecule has 5 nitrogen and oxygen atoms in total. The lowest BCUT2D eigenvalue weighted by Gasteiger charge is -2.31. The second kappa shape index (κ2) is 11.1. The Morgan fingerprint density at radius 2 is 2.05 bits per heavy atom. The lowest BCUT2D eigenvalue weighted by atomic mass is 10.00. The van der Waals surface area contributed by atoms with Gasteiger partial charge in [-0.3, -0.25) is 9.79 Å². The van der Waals surface area contributed by atoms with E-state index in [9.17, 15) is 4.79 Å². The molecule has 1 aliphatic rings. The van der Waals surface area contributed by atoms with Gasteiger partial charge in [-0.2, -0.15) is 0 Å². The molecule has 2 N–H and O–H groups in total. The first kappa shape index (κ1) is 21.5. The molecule has 0 saturated carbocycles. The number of rotatable bonds is 5. The number of halogens is 1. The third-order valence-corrected chi connectivity index (χ3v) is 4.23. The van der Waals surface area contributed by atoms with Crippen molar-refractivity contribution in [2.75, 3.05) is 26.7 Å². The number of nitrogens with zero attached hydrogens (tertiary/aromatic N) is 2. The molecule has 0 aliphatic carbocycles. The van der Waals surface area contributed by atoms with E-state index in [0.29, 0.717) is 30.8 Å². The third kappa shape index (κ3) is 7.65. The molecule has 0 spiro atoms. The van der Waals surface area contributed by atoms with E-state index in [2.05, 4.69) is 43.3 Å². The molecule has 2 unspecified atom stereocenters. The van der Waals surface area contributed by atoms with E-state index in [0.717, 1.165) is 25.5 Å². The Hall–Kier alpha value is -0.530. The van der Waals surface area contributed by atoms with E-state index in [4.69, 9.17) is 0 Å². The minimum absolute atomic E-state index is 0. The summed E-state index contributed by atoms with van der Waals surface area (Å²) in [6.07, 6.45) is 2.91. The molecule has 0 radical (unpaired) electrons. The van der Waals surface area contributed by atoms with Crippen molar-refractivity contribution in [3.05, 3.63) is 0 Å². The van der Waals surface area contributed by atoms with Crippen molar-refractivity contribution in [2.24, 2.45) is 16.8 Å². The molecule has 6 heteroatoms. The van der Waals surface area contributed by atoms with Crippen LogP contribution >= 0.6 is 24.0 Å². The van der Waals surface area contributed by atoms with Crippen molar-refractivity contribution < 1.29 is 4.79 Å². The van der Waals surface area contributed by atoms with Gasteiger partial charge in [0.2, 0.25) is 5.91 Å². The molecule has 2 atom stereocenters. The summed E-state index contributed by atoms with van der Waals surface area (Å²) in [5, 5.41) is 6.57. The van der Waals surface area contributed by atoms with Gasteiger partial charge in [0.1, 0.15) is 0 Å². The van der Waals surface area contributed by atoms with E-state index in [1.807, 2.05) is 4.90 Å². The Balaban J connectivity index is 0.00000441. The summed E-state index contributed by atoms with van der Waals surface area (Å²) in [5.41, 5.74) is 0. The van der Waals surface area contributed by atoms with Gasteiger partial charge >= 0.3 is 0 Å². The van der Waals surface area contributed by atoms with E-state index in [1.54, 1.807) is 7.05 Å². The summed E-state index contributed by atoms with van der Waals surface area (Å²) in [5.74, 6) is 2.20. The quantitative estimate of drug-likeness (QED) is 0.405. The first-order chi connectivity index (χ1) is 9.93. The molecule has 0 aromatic rings. The van der Waals surface area contributed by atoms with Crippen LogP contribution in [0.25, 0.3) is 0 Å². The molecular weight excluding hydrogens is 391 g/mol. The van der Waals surface area contributed by atoms with Crippen molar-refractivity contribution in [2.45, 2.75) is 53.0 Å². The predicted octanol–water partition coefficient (Wildman–Crippen LogP) is 2.46. The molecule has 1 saturated heterocycles. The van der Waals surface area contributed by atoms with Crippen LogP contribution in [0.4, 0.5) is 0 Å². The molecule has 1 rings (SSSR count). The smallest absolute Gasteiger partial charge is 0.224 e. The van der Waals surface area contributed by atoms with E-state index < -0.39 is 0 Å². The fraction of sp³-hybridized carbons (Fsp3) is 0.875. The van der Waals surface area contributed by atoms with Crippen molar-refractivity contribution >= 4 is 35.8 Å². The van der Waals surface area contributed by atoms with Crippen LogP contribution in [0.1, 0.15) is 47.0 Å². The molecule has 1 aliphatic heterocycles. The van der Waals surface area contributed by atoms with E-state index in [1.165, 1.54) is 6.42 Å². The van der Waals surface area contributed by atoms with Crippen LogP contribution in [-0.4, -0.2) is 49.5 Å². The number of likely N-dealkylation sites (tertiary alicyclic amines) is 1. The minimum Gasteiger partial charge on any atom is -0.356 e. The second-order valence-electron chi connectivity index (χ2n) is 6.51. The second-order valence-corrected chi connectivity index (χ2v) is 6.51. The molecule has 0 bridgehead atoms. The number of nitrogens with one attached hydrogen (secondary N) is 2. The van der Waals surface area contributed by atoms with Gasteiger partial charge in [0.15, 0.2) is 5.96 Å². The largest absolute Gasteiger partial charge is 0.356 e. The Morgan fingerprint density at radius 3 is 2.59 bits per heavy atom. The van der Waals surface area contributed by atoms with Crippen LogP contribution in [0.3, 0.4) is 0 Å². The zero-order chi connectivity index (χ0) is 15.8. The average Bonchev–Trinajstić information content (AvgIpc) is 2.45. The minimum atomic E-state index is 0. The maximum Gasteiger partial charge on any atom is 0.224 e. The standard InChI is InChI=1S/C16H32N4O.HI/c1-12(2)14(4)19-16(17-5)18-9-8-15(21)20-10-6-7-13(3)11-20;/h12-14H,6-11H2,1-5H3,(H2,17,18,19);1H. The summed E-state index contributed by atoms with van der Waals surface area (Å²) in [6, 6.07) is 0.356. The zero-order valence-electron chi connectivity index (χ0n) is 14.7. The van der Waals surface area contributed by atoms with Crippen molar-refractivity contribution in [1.82, 2.24) is 15.5 Å². The van der Waals surface area contributed by atoms with Crippen LogP contribution in [-0.2, 0) is 4.79 Å². The normalized spacial score (nSPS) is 20.4. The zero-order valence-corrected chi connectivity index (χ0v) is 17.0. The summed E-state index contributed by atoms with van der Waals surface area (Å²) in [4.78, 5) is 18.4. The fourth-order valence-electron chi connectivity index (χ4n) is 2.44. The molecule has 0 aromatic carbocycles. The Labute approximate surface area is 152 Å². The number of carbonyl (C=O) groups excluding carboxylic acids is 1. The van der Waals surface area contributed by atoms with Gasteiger partial charge in [-0.15, -0.1) is 24.0 Å². The molecule has 1 fully saturated rings. The SMILES string of the molecule is CN=C(NCCC(=O)N1CCCC(C)C1)NC(C)C(C)C.I. The first-order valence-electron chi connectivity index (χ1n) is 8.19. The van der Waals surface area contributed by atoms with Gasteiger partial charge < -0.3 is 15.5 Å². The highest BCUT2D eigenvalue weighted by Gasteiger charge is 2.20. The van der Waals surface area contributed by atoms with Crippen LogP contribution in [0.15, 0.2) is 4.99 Å². The Kier molecular flexibility index (Phi) is 10.8. The summed E-state index contributed by atoms with van der Waals surface area (Å²) < 4.78 is 0. The highest BCUT2D eigenvalue weighted by Crippen LogP contribution is 2.15. The molecular formula is C16H33IN4O. The first-order valence-corrected chi connectivity index (χ1v) is 8.19. The Bertz CT molecular complexity index is 360. The van der Waals surface area contributed by atoms with Gasteiger partial charge in [-0.25, -0.2) is 0 Å². The van der Waals surface area contributed by atoms with Gasteiger partial charge in [-0.1, -0.05) is 20.8 Å². The van der Waals surface area contributed by atoms with Crippen molar-refractivity contribution in [3.63, 3.8) is 0 Å². The van der Waals surface area contributed by atoms with Crippen LogP contribution in [0, 0.1) is 11.8 Å². The summed E-state index contributed by atoms with van der Waals surface area (Å²) in [6.45, 7) is 11.2. The van der Waals surface area contributed by atoms with E-state index in [-0.39, 0.29) is 29.9 Å². The van der Waals surface area contributed by atoms with Crippen LogP contribution < -0.4 is 10.6 Å². The number of piperidine rings is 1. The lowest BCUT2D eigenvalue weighted by Crippen LogP contribution is -2.46. The van der Waals surface area contributed by atoms with Crippen LogP contribution in [0.2, 0.25) is 0 Å². The summed E-state index contributed by atoms with van der Waals surface area (Å²) >= 11 is 0. The lowest BCUT2D eigenvalue weighted by molar-refractivity contribution is -0.132. The van der Waals surface area contributed by atoms with Gasteiger partial charge in [0, 0.05) is 39.1 Å². The molecule has 1 heterocycles. The monoisotopic (exact) mass is 424 g/mol. The van der Waals surface area contributed by atoms with Crippen LogP contribution in [0.5, 0.6) is 0 Å². The maximum absolute atomic E-state index is 12.2. The highest BCUT2D eigenvalue weighted by molar-refractivity contribution is 14.0. The number of guanidine groups is 1. The number of carbonyl (C=O) groups is 1. The topological polar surface area (TPSA) is 56.7 Å². The Morgan fingerprint density at radius 1 is 1.36 bits per heavy atom. The number of amides is 1. The number of aliphatic imine (C=N–C) groups is 1. The number of hydrogen-bond acceptors (Lipinski definition) is 2. The molecule has 0 aromatic heterocycles. The molecule has 130 valence electrons. The molecule has 22 heavy (non-hydrogen) atoms. The van der Waals surface area contributed by atoms with Gasteiger partial charge in [0.05, 0.1) is 0 Å². The third-order valence-electron chi connectivity index (χ3n) is 4.23. The van der Waals surface area contributed by atoms with Crippen molar-refractivity contribution in [3.8, 4) is 0 Å². The van der Waals surface area contributed by atoms with Crippen molar-refractivity contribution in [1.29, 1.82) is 0 Å². The predicted molar refractivity (Wildman–Crippen MR) is 104 cm³/mol. The highest BCUT2D eigenvalue weighted by atomic mass is 127. The average molecular weight is 424 g/mol. The van der Waals surface area contributed by atoms with Gasteiger partial charge in [0.25, 0.3) is 0 Å². The van der Waals surface area contributed by atoms with Gasteiger partial charge in [-0.05, 0) is 31.6 Å². The van der Waals surface area contributed by atoms with E-state index >= 15 is 0 Å². The summed E-state index contributed by atoms with van der Waals surface area (Å²) in [7, 11) is 1.76. The fourth-order valence-corrected chi connectivity index (χ4v) is 2.44.